The third-order valence-corrected chi connectivity index (χ3v) is 3.14. The van der Waals surface area contributed by atoms with Gasteiger partial charge in [-0.3, -0.25) is 0 Å². The van der Waals surface area contributed by atoms with Crippen molar-refractivity contribution in [3.8, 4) is 0 Å². The van der Waals surface area contributed by atoms with Crippen molar-refractivity contribution >= 4 is 11.6 Å². The van der Waals surface area contributed by atoms with Crippen molar-refractivity contribution in [1.29, 1.82) is 0 Å². The summed E-state index contributed by atoms with van der Waals surface area (Å²) < 4.78 is 18.9. The minimum atomic E-state index is -0.306. The van der Waals surface area contributed by atoms with E-state index in [9.17, 15) is 4.39 Å². The summed E-state index contributed by atoms with van der Waals surface area (Å²) in [6.45, 7) is 3.71. The Morgan fingerprint density at radius 3 is 2.89 bits per heavy atom. The van der Waals surface area contributed by atoms with Crippen LogP contribution in [-0.2, 0) is 11.2 Å². The Hall–Kier alpha value is -0.640. The van der Waals surface area contributed by atoms with Gasteiger partial charge in [-0.25, -0.2) is 4.39 Å². The largest absolute Gasteiger partial charge is 0.385 e. The Balaban J connectivity index is 2.65. The van der Waals surface area contributed by atoms with Crippen LogP contribution in [0.4, 0.5) is 4.39 Å². The van der Waals surface area contributed by atoms with Crippen molar-refractivity contribution in [2.24, 2.45) is 0 Å². The number of nitrogens with one attached hydrogen (secondary N) is 1. The number of halogens is 2. The van der Waals surface area contributed by atoms with Crippen molar-refractivity contribution in [3.05, 3.63) is 34.6 Å². The first-order valence-corrected chi connectivity index (χ1v) is 6.72. The Labute approximate surface area is 113 Å². The molecule has 4 heteroatoms. The van der Waals surface area contributed by atoms with Gasteiger partial charge in [0.15, 0.2) is 0 Å². The van der Waals surface area contributed by atoms with Crippen molar-refractivity contribution in [3.63, 3.8) is 0 Å². The molecule has 1 unspecified atom stereocenters. The number of ether oxygens (including phenoxy) is 1. The van der Waals surface area contributed by atoms with Gasteiger partial charge in [-0.05, 0) is 37.4 Å². The average molecular weight is 274 g/mol. The summed E-state index contributed by atoms with van der Waals surface area (Å²) in [5.74, 6) is -0.306. The van der Waals surface area contributed by atoms with Gasteiger partial charge in [0.05, 0.1) is 5.02 Å². The molecule has 0 saturated carbocycles. The van der Waals surface area contributed by atoms with E-state index in [1.54, 1.807) is 25.3 Å². The standard InChI is InChI=1S/C14H21ClFNO/c1-3-8-17-12(7-9-18-2)10-11-5-4-6-13(15)14(11)16/h4-6,12,17H,3,7-10H2,1-2H3. The van der Waals surface area contributed by atoms with Gasteiger partial charge in [0.1, 0.15) is 5.82 Å². The fourth-order valence-electron chi connectivity index (χ4n) is 1.86. The SMILES string of the molecule is CCCNC(CCOC)Cc1cccc(Cl)c1F. The van der Waals surface area contributed by atoms with Gasteiger partial charge < -0.3 is 10.1 Å². The fourth-order valence-corrected chi connectivity index (χ4v) is 2.05. The third-order valence-electron chi connectivity index (χ3n) is 2.85. The van der Waals surface area contributed by atoms with E-state index in [4.69, 9.17) is 16.3 Å². The van der Waals surface area contributed by atoms with Gasteiger partial charge >= 0.3 is 0 Å². The summed E-state index contributed by atoms with van der Waals surface area (Å²) in [6.07, 6.45) is 2.56. The Morgan fingerprint density at radius 1 is 1.44 bits per heavy atom. The van der Waals surface area contributed by atoms with E-state index in [0.717, 1.165) is 19.4 Å². The second-order valence-corrected chi connectivity index (χ2v) is 4.76. The van der Waals surface area contributed by atoms with E-state index >= 15 is 0 Å². The zero-order valence-electron chi connectivity index (χ0n) is 11.0. The minimum absolute atomic E-state index is 0.188. The molecule has 0 aliphatic heterocycles. The monoisotopic (exact) mass is 273 g/mol. The van der Waals surface area contributed by atoms with Crippen LogP contribution in [0.15, 0.2) is 18.2 Å². The number of rotatable bonds is 8. The highest BCUT2D eigenvalue weighted by Crippen LogP contribution is 2.19. The number of hydrogen-bond acceptors (Lipinski definition) is 2. The molecule has 0 aliphatic rings. The highest BCUT2D eigenvalue weighted by atomic mass is 35.5. The molecule has 0 fully saturated rings. The lowest BCUT2D eigenvalue weighted by Gasteiger charge is -2.18. The minimum Gasteiger partial charge on any atom is -0.385 e. The molecule has 0 aliphatic carbocycles. The molecule has 1 aromatic carbocycles. The second-order valence-electron chi connectivity index (χ2n) is 4.35. The molecule has 0 amide bonds. The molecular weight excluding hydrogens is 253 g/mol. The molecule has 1 aromatic rings. The summed E-state index contributed by atoms with van der Waals surface area (Å²) in [6, 6.07) is 5.37. The molecule has 18 heavy (non-hydrogen) atoms. The summed E-state index contributed by atoms with van der Waals surface area (Å²) in [7, 11) is 1.68. The number of methoxy groups -OCH3 is 1. The van der Waals surface area contributed by atoms with Crippen LogP contribution in [0, 0.1) is 5.82 Å². The Morgan fingerprint density at radius 2 is 2.22 bits per heavy atom. The maximum absolute atomic E-state index is 13.8. The predicted molar refractivity (Wildman–Crippen MR) is 73.7 cm³/mol. The number of hydrogen-bond donors (Lipinski definition) is 1. The van der Waals surface area contributed by atoms with E-state index in [1.807, 2.05) is 0 Å². The molecular formula is C14H21ClFNO. The van der Waals surface area contributed by atoms with Crippen LogP contribution in [0.5, 0.6) is 0 Å². The maximum atomic E-state index is 13.8. The van der Waals surface area contributed by atoms with Crippen molar-refractivity contribution < 1.29 is 9.13 Å². The highest BCUT2D eigenvalue weighted by Gasteiger charge is 2.13. The van der Waals surface area contributed by atoms with Gasteiger partial charge in [0.25, 0.3) is 0 Å². The summed E-state index contributed by atoms with van der Waals surface area (Å²) in [4.78, 5) is 0. The second kappa shape index (κ2) is 8.46. The molecule has 0 heterocycles. The van der Waals surface area contributed by atoms with Crippen LogP contribution >= 0.6 is 11.6 Å². The predicted octanol–water partition coefficient (Wildman–Crippen LogP) is 3.43. The van der Waals surface area contributed by atoms with Crippen LogP contribution < -0.4 is 5.32 Å². The molecule has 1 rings (SSSR count). The molecule has 1 atom stereocenters. The van der Waals surface area contributed by atoms with Crippen molar-refractivity contribution in [1.82, 2.24) is 5.32 Å². The van der Waals surface area contributed by atoms with Crippen LogP contribution in [0.3, 0.4) is 0 Å². The van der Waals surface area contributed by atoms with E-state index in [1.165, 1.54) is 0 Å². The Kier molecular flexibility index (Phi) is 7.25. The first kappa shape index (κ1) is 15.4. The van der Waals surface area contributed by atoms with Gasteiger partial charge in [-0.2, -0.15) is 0 Å². The fraction of sp³-hybridized carbons (Fsp3) is 0.571. The lowest BCUT2D eigenvalue weighted by atomic mass is 10.0. The molecule has 2 nitrogen and oxygen atoms in total. The van der Waals surface area contributed by atoms with Crippen LogP contribution in [0.25, 0.3) is 0 Å². The number of benzene rings is 1. The average Bonchev–Trinajstić information content (AvgIpc) is 2.38. The van der Waals surface area contributed by atoms with Crippen molar-refractivity contribution in [2.45, 2.75) is 32.2 Å². The molecule has 0 saturated heterocycles. The first-order valence-electron chi connectivity index (χ1n) is 6.34. The lowest BCUT2D eigenvalue weighted by Crippen LogP contribution is -2.33. The Bertz CT molecular complexity index is 352. The summed E-state index contributed by atoms with van der Waals surface area (Å²) in [5.41, 5.74) is 0.659. The third kappa shape index (κ3) is 4.92. The van der Waals surface area contributed by atoms with E-state index in [-0.39, 0.29) is 16.9 Å². The topological polar surface area (TPSA) is 21.3 Å². The van der Waals surface area contributed by atoms with Gasteiger partial charge in [0.2, 0.25) is 0 Å². The normalized spacial score (nSPS) is 12.7. The molecule has 102 valence electrons. The van der Waals surface area contributed by atoms with Crippen LogP contribution in [-0.4, -0.2) is 26.3 Å². The zero-order valence-corrected chi connectivity index (χ0v) is 11.8. The lowest BCUT2D eigenvalue weighted by molar-refractivity contribution is 0.182. The maximum Gasteiger partial charge on any atom is 0.145 e. The quantitative estimate of drug-likeness (QED) is 0.784. The first-order chi connectivity index (χ1) is 8.69. The molecule has 1 N–H and O–H groups in total. The smallest absolute Gasteiger partial charge is 0.145 e. The van der Waals surface area contributed by atoms with E-state index in [2.05, 4.69) is 12.2 Å². The van der Waals surface area contributed by atoms with Crippen molar-refractivity contribution in [2.75, 3.05) is 20.3 Å². The van der Waals surface area contributed by atoms with E-state index < -0.39 is 0 Å². The molecule has 0 bridgehead atoms. The van der Waals surface area contributed by atoms with Gasteiger partial charge in [-0.15, -0.1) is 0 Å². The molecule has 0 aromatic heterocycles. The zero-order chi connectivity index (χ0) is 13.4. The molecule has 0 radical (unpaired) electrons. The van der Waals surface area contributed by atoms with Gasteiger partial charge in [-0.1, -0.05) is 30.7 Å². The van der Waals surface area contributed by atoms with E-state index in [0.29, 0.717) is 18.6 Å². The summed E-state index contributed by atoms with van der Waals surface area (Å²) in [5, 5.41) is 3.60. The molecule has 0 spiro atoms. The summed E-state index contributed by atoms with van der Waals surface area (Å²) >= 11 is 5.79. The van der Waals surface area contributed by atoms with Crippen LogP contribution in [0.2, 0.25) is 5.02 Å². The van der Waals surface area contributed by atoms with Crippen LogP contribution in [0.1, 0.15) is 25.3 Å². The van der Waals surface area contributed by atoms with Gasteiger partial charge in [0, 0.05) is 19.8 Å². The highest BCUT2D eigenvalue weighted by molar-refractivity contribution is 6.30.